The number of ether oxygens (including phenoxy) is 4. The molecule has 6 nitrogen and oxygen atoms in total. The maximum atomic E-state index is 12.1. The third kappa shape index (κ3) is 11.8. The zero-order valence-electron chi connectivity index (χ0n) is 26.5. The van der Waals surface area contributed by atoms with Gasteiger partial charge in [-0.25, -0.2) is 0 Å². The minimum absolute atomic E-state index is 0.000438. The van der Waals surface area contributed by atoms with E-state index < -0.39 is 0 Å². The van der Waals surface area contributed by atoms with Crippen LogP contribution in [0.25, 0.3) is 0 Å². The van der Waals surface area contributed by atoms with Crippen molar-refractivity contribution in [3.63, 3.8) is 0 Å². The molecule has 2 aromatic carbocycles. The van der Waals surface area contributed by atoms with E-state index in [2.05, 4.69) is 67.4 Å². The molecule has 234 valence electrons. The topological polar surface area (TPSA) is 57.2 Å². The molecule has 5 atom stereocenters. The third-order valence-electron chi connectivity index (χ3n) is 8.32. The average Bonchev–Trinajstić information content (AvgIpc) is 3.37. The van der Waals surface area contributed by atoms with Crippen molar-refractivity contribution in [1.82, 2.24) is 4.90 Å². The summed E-state index contributed by atoms with van der Waals surface area (Å²) in [6, 6.07) is 20.9. The van der Waals surface area contributed by atoms with Crippen LogP contribution in [-0.2, 0) is 37.0 Å². The van der Waals surface area contributed by atoms with Crippen molar-refractivity contribution >= 4 is 5.97 Å². The molecular weight excluding hydrogens is 526 g/mol. The first-order valence-corrected chi connectivity index (χ1v) is 16.3. The molecule has 0 amide bonds. The van der Waals surface area contributed by atoms with E-state index in [1.165, 1.54) is 36.8 Å². The molecule has 0 N–H and O–H groups in total. The van der Waals surface area contributed by atoms with Gasteiger partial charge in [0.15, 0.2) is 0 Å². The van der Waals surface area contributed by atoms with E-state index in [4.69, 9.17) is 18.9 Å². The summed E-state index contributed by atoms with van der Waals surface area (Å²) in [6.07, 6.45) is 9.55. The van der Waals surface area contributed by atoms with Crippen molar-refractivity contribution in [3.05, 3.63) is 71.8 Å². The number of carbonyl (C=O) groups excluding carboxylic acids is 1. The van der Waals surface area contributed by atoms with E-state index in [1.807, 2.05) is 26.0 Å². The zero-order chi connectivity index (χ0) is 30.0. The van der Waals surface area contributed by atoms with Crippen LogP contribution in [0.1, 0.15) is 89.7 Å². The van der Waals surface area contributed by atoms with Crippen LogP contribution in [0.3, 0.4) is 0 Å². The maximum absolute atomic E-state index is 12.1. The van der Waals surface area contributed by atoms with Crippen LogP contribution in [0.2, 0.25) is 0 Å². The van der Waals surface area contributed by atoms with Crippen LogP contribution < -0.4 is 0 Å². The summed E-state index contributed by atoms with van der Waals surface area (Å²) in [5, 5.41) is 0. The normalized spacial score (nSPS) is 21.1. The monoisotopic (exact) mass is 581 g/mol. The van der Waals surface area contributed by atoms with Gasteiger partial charge in [-0.1, -0.05) is 107 Å². The van der Waals surface area contributed by atoms with Gasteiger partial charge >= 0.3 is 5.97 Å². The molecule has 1 saturated carbocycles. The Bertz CT molecular complexity index is 971. The number of esters is 1. The molecule has 3 rings (SSSR count). The van der Waals surface area contributed by atoms with E-state index in [1.54, 1.807) is 0 Å². The third-order valence-corrected chi connectivity index (χ3v) is 8.32. The van der Waals surface area contributed by atoms with Crippen LogP contribution in [0.15, 0.2) is 60.7 Å². The fourth-order valence-corrected chi connectivity index (χ4v) is 5.85. The highest BCUT2D eigenvalue weighted by molar-refractivity contribution is 5.71. The molecule has 0 aliphatic heterocycles. The Balaban J connectivity index is 1.68. The lowest BCUT2D eigenvalue weighted by Gasteiger charge is -2.34. The molecule has 5 unspecified atom stereocenters. The molecule has 0 bridgehead atoms. The van der Waals surface area contributed by atoms with Crippen LogP contribution in [0, 0.1) is 5.92 Å². The lowest BCUT2D eigenvalue weighted by Crippen LogP contribution is -2.48. The Labute approximate surface area is 255 Å². The molecule has 1 aliphatic rings. The summed E-state index contributed by atoms with van der Waals surface area (Å²) in [7, 11) is 2.19. The quantitative estimate of drug-likeness (QED) is 0.112. The molecule has 0 saturated heterocycles. The summed E-state index contributed by atoms with van der Waals surface area (Å²) in [5.74, 6) is -0.162. The first kappa shape index (κ1) is 34.2. The Morgan fingerprint density at radius 3 is 2.05 bits per heavy atom. The highest BCUT2D eigenvalue weighted by Gasteiger charge is 2.47. The summed E-state index contributed by atoms with van der Waals surface area (Å²) in [4.78, 5) is 14.5. The van der Waals surface area contributed by atoms with Crippen LogP contribution >= 0.6 is 0 Å². The van der Waals surface area contributed by atoms with E-state index >= 15 is 0 Å². The maximum Gasteiger partial charge on any atom is 0.308 e. The second-order valence-corrected chi connectivity index (χ2v) is 11.8. The van der Waals surface area contributed by atoms with Gasteiger partial charge in [-0.15, -0.1) is 0 Å². The van der Waals surface area contributed by atoms with E-state index in [0.717, 1.165) is 45.3 Å². The van der Waals surface area contributed by atoms with Gasteiger partial charge in [0.1, 0.15) is 6.10 Å². The zero-order valence-corrected chi connectivity index (χ0v) is 26.5. The van der Waals surface area contributed by atoms with Gasteiger partial charge in [0.2, 0.25) is 0 Å². The van der Waals surface area contributed by atoms with E-state index in [0.29, 0.717) is 19.8 Å². The van der Waals surface area contributed by atoms with Crippen molar-refractivity contribution in [2.24, 2.45) is 5.92 Å². The van der Waals surface area contributed by atoms with E-state index in [9.17, 15) is 4.79 Å². The summed E-state index contributed by atoms with van der Waals surface area (Å²) >= 11 is 0. The van der Waals surface area contributed by atoms with Crippen molar-refractivity contribution in [2.75, 3.05) is 26.8 Å². The smallest absolute Gasteiger partial charge is 0.308 e. The molecular formula is C36H55NO5. The fraction of sp³-hybridized carbons (Fsp3) is 0.639. The Morgan fingerprint density at radius 1 is 0.810 bits per heavy atom. The number of carbonyl (C=O) groups is 1. The molecule has 1 aliphatic carbocycles. The predicted octanol–water partition coefficient (Wildman–Crippen LogP) is 7.59. The number of unbranched alkanes of at least 4 members (excludes halogenated alkanes) is 5. The van der Waals surface area contributed by atoms with Gasteiger partial charge in [-0.2, -0.15) is 0 Å². The molecule has 42 heavy (non-hydrogen) atoms. The second kappa shape index (κ2) is 19.8. The molecule has 0 spiro atoms. The average molecular weight is 582 g/mol. The predicted molar refractivity (Wildman–Crippen MR) is 169 cm³/mol. The molecule has 0 heterocycles. The van der Waals surface area contributed by atoms with Gasteiger partial charge in [0.25, 0.3) is 0 Å². The number of nitrogens with zero attached hydrogens (tertiary/aromatic N) is 1. The van der Waals surface area contributed by atoms with Gasteiger partial charge < -0.3 is 18.9 Å². The molecule has 0 radical (unpaired) electrons. The second-order valence-electron chi connectivity index (χ2n) is 11.8. The lowest BCUT2D eigenvalue weighted by atomic mass is 10.0. The van der Waals surface area contributed by atoms with Crippen molar-refractivity contribution < 1.29 is 23.7 Å². The standard InChI is InChI=1S/C36H55NO5/c1-5-7-8-9-18-25-40-35-33(42-28-31-22-14-11-15-23-31)26-32(41-27-30-20-12-10-13-21-30)34(35)37(4)24-17-16-19-29(3)36(38)39-6-2/h10-15,20-23,29,32-35H,5-9,16-19,24-28H2,1-4H3. The number of hydrogen-bond donors (Lipinski definition) is 0. The number of hydrogen-bond acceptors (Lipinski definition) is 6. The van der Waals surface area contributed by atoms with Crippen molar-refractivity contribution in [2.45, 2.75) is 116 Å². The molecule has 0 aromatic heterocycles. The summed E-state index contributed by atoms with van der Waals surface area (Å²) in [5.41, 5.74) is 2.35. The van der Waals surface area contributed by atoms with Crippen LogP contribution in [0.4, 0.5) is 0 Å². The Kier molecular flexibility index (Phi) is 16.2. The largest absolute Gasteiger partial charge is 0.466 e. The van der Waals surface area contributed by atoms with E-state index in [-0.39, 0.29) is 36.2 Å². The van der Waals surface area contributed by atoms with Crippen LogP contribution in [-0.4, -0.2) is 62.0 Å². The lowest BCUT2D eigenvalue weighted by molar-refractivity contribution is -0.147. The molecule has 2 aromatic rings. The number of rotatable bonds is 21. The van der Waals surface area contributed by atoms with Gasteiger partial charge in [-0.3, -0.25) is 9.69 Å². The highest BCUT2D eigenvalue weighted by Crippen LogP contribution is 2.33. The minimum atomic E-state index is -0.0955. The van der Waals surface area contributed by atoms with Crippen molar-refractivity contribution in [1.29, 1.82) is 0 Å². The fourth-order valence-electron chi connectivity index (χ4n) is 5.85. The first-order chi connectivity index (χ1) is 20.5. The SMILES string of the molecule is CCCCCCCOC1C(OCc2ccccc2)CC(OCc2ccccc2)C1N(C)CCCCC(C)C(=O)OCC. The Hall–Kier alpha value is -2.25. The highest BCUT2D eigenvalue weighted by atomic mass is 16.6. The van der Waals surface area contributed by atoms with Gasteiger partial charge in [0, 0.05) is 13.0 Å². The Morgan fingerprint density at radius 2 is 1.43 bits per heavy atom. The number of likely N-dealkylation sites (N-methyl/N-ethyl adjacent to an activating group) is 1. The number of benzene rings is 2. The summed E-state index contributed by atoms with van der Waals surface area (Å²) < 4.78 is 25.1. The molecule has 1 fully saturated rings. The summed E-state index contributed by atoms with van der Waals surface area (Å²) in [6.45, 7) is 9.29. The molecule has 6 heteroatoms. The minimum Gasteiger partial charge on any atom is -0.466 e. The first-order valence-electron chi connectivity index (χ1n) is 16.3. The van der Waals surface area contributed by atoms with Gasteiger partial charge in [-0.05, 0) is 50.9 Å². The van der Waals surface area contributed by atoms with Gasteiger partial charge in [0.05, 0.1) is 44.0 Å². The van der Waals surface area contributed by atoms with Crippen LogP contribution in [0.5, 0.6) is 0 Å². The van der Waals surface area contributed by atoms with Crippen molar-refractivity contribution in [3.8, 4) is 0 Å².